The van der Waals surface area contributed by atoms with Crippen LogP contribution in [0.5, 0.6) is 11.6 Å². The molecule has 1 saturated heterocycles. The van der Waals surface area contributed by atoms with E-state index in [0.717, 1.165) is 74.7 Å². The fraction of sp³-hybridized carbons (Fsp3) is 0.433. The van der Waals surface area contributed by atoms with Crippen LogP contribution in [-0.4, -0.2) is 34.7 Å². The number of rotatable bonds is 7. The van der Waals surface area contributed by atoms with Gasteiger partial charge in [-0.25, -0.2) is 4.39 Å². The number of nitrogens with zero attached hydrogens (tertiary/aromatic N) is 3. The molecule has 2 heterocycles. The summed E-state index contributed by atoms with van der Waals surface area (Å²) < 4.78 is 19.7. The van der Waals surface area contributed by atoms with Crippen molar-refractivity contribution in [2.45, 2.75) is 57.3 Å². The molecule has 0 amide bonds. The third-order valence-electron chi connectivity index (χ3n) is 7.84. The van der Waals surface area contributed by atoms with E-state index in [1.165, 1.54) is 6.42 Å². The molecule has 0 spiro atoms. The van der Waals surface area contributed by atoms with E-state index in [2.05, 4.69) is 27.4 Å². The van der Waals surface area contributed by atoms with Crippen molar-refractivity contribution in [3.05, 3.63) is 72.0 Å². The average molecular weight is 534 g/mol. The van der Waals surface area contributed by atoms with Gasteiger partial charge in [0.25, 0.3) is 0 Å². The number of ether oxygens (including phenoxy) is 1. The molecule has 1 saturated carbocycles. The maximum absolute atomic E-state index is 13.6. The Bertz CT molecular complexity index is 1210. The Labute approximate surface area is 230 Å². The topological polar surface area (TPSA) is 62.3 Å². The molecule has 1 aromatic heterocycles. The standard InChI is InChI=1S/C30H36FN5OS/c1-22-14-18-36(19-15-22)26-20-27(37-25-8-4-2-5-9-25)34-28(33-26)35-29(38)32-21-30(16-6-3-7-17-30)23-10-12-24(31)13-11-23/h2,4-5,8-13,20,22H,3,6-7,14-19,21H2,1H3,(H2,32,33,34,35,38). The van der Waals surface area contributed by atoms with Crippen LogP contribution in [0.1, 0.15) is 57.4 Å². The highest BCUT2D eigenvalue weighted by Gasteiger charge is 2.34. The molecule has 2 N–H and O–H groups in total. The predicted molar refractivity (Wildman–Crippen MR) is 155 cm³/mol. The van der Waals surface area contributed by atoms with Crippen molar-refractivity contribution in [2.24, 2.45) is 5.92 Å². The molecule has 0 bridgehead atoms. The van der Waals surface area contributed by atoms with E-state index in [1.54, 1.807) is 12.1 Å². The van der Waals surface area contributed by atoms with Gasteiger partial charge in [0, 0.05) is 31.1 Å². The van der Waals surface area contributed by atoms with Crippen LogP contribution in [0.25, 0.3) is 0 Å². The number of hydrogen-bond donors (Lipinski definition) is 2. The maximum Gasteiger partial charge on any atom is 0.234 e. The number of aromatic nitrogens is 2. The zero-order valence-corrected chi connectivity index (χ0v) is 22.8. The van der Waals surface area contributed by atoms with Crippen molar-refractivity contribution >= 4 is 29.1 Å². The molecule has 8 heteroatoms. The van der Waals surface area contributed by atoms with Gasteiger partial charge in [-0.05, 0) is 73.6 Å². The van der Waals surface area contributed by atoms with Crippen molar-refractivity contribution in [1.82, 2.24) is 15.3 Å². The number of thiocarbonyl (C=S) groups is 1. The van der Waals surface area contributed by atoms with E-state index in [4.69, 9.17) is 21.9 Å². The molecule has 1 aliphatic carbocycles. The number of nitrogens with one attached hydrogen (secondary N) is 2. The lowest BCUT2D eigenvalue weighted by molar-refractivity contribution is 0.292. The van der Waals surface area contributed by atoms with Crippen molar-refractivity contribution in [3.63, 3.8) is 0 Å². The molecule has 2 fully saturated rings. The summed E-state index contributed by atoms with van der Waals surface area (Å²) in [5.74, 6) is 2.94. The first kappa shape index (κ1) is 26.4. The highest BCUT2D eigenvalue weighted by molar-refractivity contribution is 7.80. The minimum Gasteiger partial charge on any atom is -0.439 e. The van der Waals surface area contributed by atoms with Crippen LogP contribution in [0.15, 0.2) is 60.7 Å². The van der Waals surface area contributed by atoms with Crippen LogP contribution in [0, 0.1) is 11.7 Å². The summed E-state index contributed by atoms with van der Waals surface area (Å²) in [5, 5.41) is 7.09. The fourth-order valence-electron chi connectivity index (χ4n) is 5.52. The van der Waals surface area contributed by atoms with Gasteiger partial charge < -0.3 is 20.3 Å². The summed E-state index contributed by atoms with van der Waals surface area (Å²) in [7, 11) is 0. The number of halogens is 1. The van der Waals surface area contributed by atoms with Crippen LogP contribution in [0.4, 0.5) is 16.2 Å². The Morgan fingerprint density at radius 3 is 2.45 bits per heavy atom. The van der Waals surface area contributed by atoms with Crippen molar-refractivity contribution in [1.29, 1.82) is 0 Å². The van der Waals surface area contributed by atoms with Crippen LogP contribution in [-0.2, 0) is 5.41 Å². The number of piperidine rings is 1. The van der Waals surface area contributed by atoms with Gasteiger partial charge in [0.05, 0.1) is 0 Å². The second-order valence-corrected chi connectivity index (χ2v) is 11.0. The summed E-state index contributed by atoms with van der Waals surface area (Å²) in [5.41, 5.74) is 1.08. The lowest BCUT2D eigenvalue weighted by Gasteiger charge is -2.38. The predicted octanol–water partition coefficient (Wildman–Crippen LogP) is 6.83. The molecule has 200 valence electrons. The summed E-state index contributed by atoms with van der Waals surface area (Å²) in [6.45, 7) is 4.86. The Kier molecular flexibility index (Phi) is 8.37. The minimum atomic E-state index is -0.210. The second-order valence-electron chi connectivity index (χ2n) is 10.6. The van der Waals surface area contributed by atoms with Gasteiger partial charge in [-0.2, -0.15) is 9.97 Å². The maximum atomic E-state index is 13.6. The molecule has 0 unspecified atom stereocenters. The summed E-state index contributed by atoms with van der Waals surface area (Å²) in [6.07, 6.45) is 7.88. The molecule has 1 aliphatic heterocycles. The zero-order chi connectivity index (χ0) is 26.4. The summed E-state index contributed by atoms with van der Waals surface area (Å²) in [4.78, 5) is 11.7. The SMILES string of the molecule is CC1CCN(c2cc(Oc3ccccc3)nc(NC(=S)NCC3(c4ccc(F)cc4)CCCCC3)n2)CC1. The van der Waals surface area contributed by atoms with Gasteiger partial charge >= 0.3 is 0 Å². The van der Waals surface area contributed by atoms with Crippen molar-refractivity contribution < 1.29 is 9.13 Å². The van der Waals surface area contributed by atoms with Crippen LogP contribution in [0.3, 0.4) is 0 Å². The Morgan fingerprint density at radius 1 is 1.03 bits per heavy atom. The molecule has 2 aliphatic rings. The molecular formula is C30H36FN5OS. The van der Waals surface area contributed by atoms with E-state index in [-0.39, 0.29) is 11.2 Å². The molecule has 6 nitrogen and oxygen atoms in total. The first-order valence-electron chi connectivity index (χ1n) is 13.7. The number of benzene rings is 2. The molecular weight excluding hydrogens is 497 g/mol. The quantitative estimate of drug-likeness (QED) is 0.323. The van der Waals surface area contributed by atoms with Gasteiger partial charge in [0.1, 0.15) is 17.4 Å². The van der Waals surface area contributed by atoms with E-state index in [1.807, 2.05) is 48.5 Å². The smallest absolute Gasteiger partial charge is 0.234 e. The van der Waals surface area contributed by atoms with Crippen LogP contribution >= 0.6 is 12.2 Å². The van der Waals surface area contributed by atoms with Gasteiger partial charge in [0.2, 0.25) is 11.8 Å². The van der Waals surface area contributed by atoms with Gasteiger partial charge in [-0.1, -0.05) is 56.5 Å². The second kappa shape index (κ2) is 12.1. The lowest BCUT2D eigenvalue weighted by atomic mass is 9.69. The van der Waals surface area contributed by atoms with Gasteiger partial charge in [0.15, 0.2) is 5.11 Å². The zero-order valence-electron chi connectivity index (χ0n) is 22.0. The number of hydrogen-bond acceptors (Lipinski definition) is 5. The largest absolute Gasteiger partial charge is 0.439 e. The lowest BCUT2D eigenvalue weighted by Crippen LogP contribution is -2.43. The minimum absolute atomic E-state index is 0.0769. The first-order valence-corrected chi connectivity index (χ1v) is 14.1. The Balaban J connectivity index is 1.32. The van der Waals surface area contributed by atoms with E-state index in [9.17, 15) is 4.39 Å². The van der Waals surface area contributed by atoms with Crippen LogP contribution < -0.4 is 20.3 Å². The van der Waals surface area contributed by atoms with Crippen LogP contribution in [0.2, 0.25) is 0 Å². The third kappa shape index (κ3) is 6.59. The van der Waals surface area contributed by atoms with Crippen molar-refractivity contribution in [2.75, 3.05) is 29.9 Å². The summed E-state index contributed by atoms with van der Waals surface area (Å²) in [6, 6.07) is 18.5. The molecule has 38 heavy (non-hydrogen) atoms. The first-order chi connectivity index (χ1) is 18.5. The van der Waals surface area contributed by atoms with E-state index >= 15 is 0 Å². The fourth-order valence-corrected chi connectivity index (χ4v) is 5.69. The molecule has 5 rings (SSSR count). The number of anilines is 2. The molecule has 0 radical (unpaired) electrons. The molecule has 2 aromatic carbocycles. The summed E-state index contributed by atoms with van der Waals surface area (Å²) >= 11 is 5.70. The third-order valence-corrected chi connectivity index (χ3v) is 8.09. The average Bonchev–Trinajstić information content (AvgIpc) is 2.94. The van der Waals surface area contributed by atoms with Gasteiger partial charge in [-0.15, -0.1) is 0 Å². The van der Waals surface area contributed by atoms with E-state index < -0.39 is 0 Å². The Hall–Kier alpha value is -3.26. The molecule has 0 atom stereocenters. The van der Waals surface area contributed by atoms with Gasteiger partial charge in [-0.3, -0.25) is 0 Å². The normalized spacial score (nSPS) is 17.6. The number of para-hydroxylation sites is 1. The monoisotopic (exact) mass is 533 g/mol. The van der Waals surface area contributed by atoms with Crippen molar-refractivity contribution in [3.8, 4) is 11.6 Å². The highest BCUT2D eigenvalue weighted by atomic mass is 32.1. The highest BCUT2D eigenvalue weighted by Crippen LogP contribution is 2.39. The molecule has 3 aromatic rings. The van der Waals surface area contributed by atoms with E-state index in [0.29, 0.717) is 23.5 Å². The Morgan fingerprint density at radius 2 is 1.74 bits per heavy atom.